The fraction of sp³-hybridized carbons (Fsp3) is 0.533. The Morgan fingerprint density at radius 2 is 2.36 bits per heavy atom. The normalized spacial score (nSPS) is 25.5. The third-order valence-electron chi connectivity index (χ3n) is 4.61. The molecule has 7 heteroatoms. The molecule has 3 rings (SSSR count). The number of aromatic nitrogens is 3. The zero-order valence-corrected chi connectivity index (χ0v) is 12.5. The van der Waals surface area contributed by atoms with Gasteiger partial charge in [0.15, 0.2) is 0 Å². The molecule has 3 N–H and O–H groups in total. The molecule has 1 fully saturated rings. The predicted molar refractivity (Wildman–Crippen MR) is 81.7 cm³/mol. The number of carboxylic acids is 1. The van der Waals surface area contributed by atoms with Gasteiger partial charge in [0.25, 0.3) is 0 Å². The van der Waals surface area contributed by atoms with E-state index in [0.29, 0.717) is 19.4 Å². The zero-order chi connectivity index (χ0) is 15.7. The number of nitrogens with one attached hydrogen (secondary N) is 1. The second kappa shape index (κ2) is 5.57. The van der Waals surface area contributed by atoms with Crippen LogP contribution in [-0.4, -0.2) is 50.3 Å². The summed E-state index contributed by atoms with van der Waals surface area (Å²) in [4.78, 5) is 25.1. The van der Waals surface area contributed by atoms with Crippen LogP contribution in [0.2, 0.25) is 0 Å². The van der Waals surface area contributed by atoms with Crippen LogP contribution < -0.4 is 4.90 Å². The first-order valence-electron chi connectivity index (χ1n) is 7.53. The number of aliphatic carboxylic acids is 1. The number of aliphatic hydroxyl groups is 1. The van der Waals surface area contributed by atoms with Gasteiger partial charge in [-0.05, 0) is 18.9 Å². The van der Waals surface area contributed by atoms with Gasteiger partial charge in [-0.1, -0.05) is 13.3 Å². The number of H-pyrrole nitrogens is 1. The number of rotatable bonds is 4. The van der Waals surface area contributed by atoms with Gasteiger partial charge >= 0.3 is 5.97 Å². The largest absolute Gasteiger partial charge is 0.481 e. The molecule has 2 aromatic heterocycles. The molecule has 0 unspecified atom stereocenters. The summed E-state index contributed by atoms with van der Waals surface area (Å²) in [6, 6.07) is 1.89. The molecule has 1 aliphatic heterocycles. The monoisotopic (exact) mass is 304 g/mol. The minimum atomic E-state index is -1.05. The van der Waals surface area contributed by atoms with Crippen molar-refractivity contribution in [3.8, 4) is 0 Å². The highest BCUT2D eigenvalue weighted by molar-refractivity contribution is 5.87. The van der Waals surface area contributed by atoms with Gasteiger partial charge in [-0.3, -0.25) is 4.79 Å². The molecule has 0 spiro atoms. The Bertz CT molecular complexity index is 686. The number of hydrogen-bond acceptors (Lipinski definition) is 5. The van der Waals surface area contributed by atoms with Gasteiger partial charge in [0.1, 0.15) is 17.8 Å². The number of fused-ring (bicyclic) bond motifs is 1. The summed E-state index contributed by atoms with van der Waals surface area (Å²) in [6.45, 7) is 2.77. The maximum atomic E-state index is 11.7. The lowest BCUT2D eigenvalue weighted by Crippen LogP contribution is -2.55. The molecule has 0 bridgehead atoms. The van der Waals surface area contributed by atoms with Gasteiger partial charge in [-0.25, -0.2) is 9.97 Å². The van der Waals surface area contributed by atoms with Gasteiger partial charge in [0, 0.05) is 19.3 Å². The molecular formula is C15H20N4O3. The average molecular weight is 304 g/mol. The quantitative estimate of drug-likeness (QED) is 0.789. The van der Waals surface area contributed by atoms with Crippen LogP contribution >= 0.6 is 0 Å². The lowest BCUT2D eigenvalue weighted by atomic mass is 9.73. The summed E-state index contributed by atoms with van der Waals surface area (Å²) in [7, 11) is 0. The number of hydrogen-bond donors (Lipinski definition) is 3. The Balaban J connectivity index is 1.89. The Kier molecular flexibility index (Phi) is 3.74. The number of nitrogens with zero attached hydrogens (tertiary/aromatic N) is 3. The van der Waals surface area contributed by atoms with E-state index in [9.17, 15) is 15.0 Å². The number of aromatic amines is 1. The molecule has 1 saturated heterocycles. The molecule has 3 heterocycles. The summed E-state index contributed by atoms with van der Waals surface area (Å²) in [6.07, 6.45) is 3.99. The highest BCUT2D eigenvalue weighted by atomic mass is 16.4. The second-order valence-corrected chi connectivity index (χ2v) is 5.86. The van der Waals surface area contributed by atoms with Gasteiger partial charge in [0.05, 0.1) is 16.9 Å². The number of β-amino-alcohol motifs (C(OH)–C–C–N with tert-alkyl or cyclic N) is 1. The summed E-state index contributed by atoms with van der Waals surface area (Å²) >= 11 is 0. The van der Waals surface area contributed by atoms with E-state index in [1.807, 2.05) is 17.9 Å². The van der Waals surface area contributed by atoms with Gasteiger partial charge in [0.2, 0.25) is 0 Å². The summed E-state index contributed by atoms with van der Waals surface area (Å²) in [5, 5.41) is 21.0. The van der Waals surface area contributed by atoms with E-state index in [1.54, 1.807) is 6.20 Å². The van der Waals surface area contributed by atoms with Crippen LogP contribution in [-0.2, 0) is 4.79 Å². The highest BCUT2D eigenvalue weighted by Crippen LogP contribution is 2.38. The smallest absolute Gasteiger partial charge is 0.312 e. The molecular weight excluding hydrogens is 284 g/mol. The minimum Gasteiger partial charge on any atom is -0.481 e. The molecule has 2 atom stereocenters. The molecule has 0 amide bonds. The van der Waals surface area contributed by atoms with Crippen molar-refractivity contribution in [2.24, 2.45) is 5.41 Å². The fourth-order valence-corrected chi connectivity index (χ4v) is 3.37. The average Bonchev–Trinajstić information content (AvgIpc) is 2.97. The number of aliphatic hydroxyl groups excluding tert-OH is 1. The van der Waals surface area contributed by atoms with E-state index in [4.69, 9.17) is 0 Å². The zero-order valence-electron chi connectivity index (χ0n) is 12.5. The van der Waals surface area contributed by atoms with Crippen molar-refractivity contribution in [1.29, 1.82) is 0 Å². The third kappa shape index (κ3) is 2.21. The van der Waals surface area contributed by atoms with E-state index in [2.05, 4.69) is 15.0 Å². The van der Waals surface area contributed by atoms with Crippen molar-refractivity contribution in [3.63, 3.8) is 0 Å². The molecule has 0 radical (unpaired) electrons. The van der Waals surface area contributed by atoms with Crippen LogP contribution in [0.25, 0.3) is 11.0 Å². The van der Waals surface area contributed by atoms with E-state index < -0.39 is 17.5 Å². The maximum absolute atomic E-state index is 11.7. The SMILES string of the molecule is CCC[C@]1(C(=O)O)CCN(c2ncnc3[nH]ccc23)C[C@@H]1O. The first kappa shape index (κ1) is 14.8. The highest BCUT2D eigenvalue weighted by Gasteiger charge is 2.48. The van der Waals surface area contributed by atoms with Crippen LogP contribution in [0.4, 0.5) is 5.82 Å². The topological polar surface area (TPSA) is 102 Å². The predicted octanol–water partition coefficient (Wildman–Crippen LogP) is 1.40. The molecule has 0 saturated carbocycles. The van der Waals surface area contributed by atoms with Crippen LogP contribution in [0.1, 0.15) is 26.2 Å². The second-order valence-electron chi connectivity index (χ2n) is 5.86. The first-order valence-corrected chi connectivity index (χ1v) is 7.53. The number of carbonyl (C=O) groups is 1. The van der Waals surface area contributed by atoms with Gasteiger partial charge in [-0.15, -0.1) is 0 Å². The molecule has 118 valence electrons. The number of carboxylic acid groups (broad SMARTS) is 1. The molecule has 2 aromatic rings. The standard InChI is InChI=1S/C15H20N4O3/c1-2-4-15(14(21)22)5-7-19(8-11(15)20)13-10-3-6-16-12(10)17-9-18-13/h3,6,9,11,20H,2,4-5,7-8H2,1H3,(H,21,22)(H,16,17,18)/t11-,15-/m0/s1. The summed E-state index contributed by atoms with van der Waals surface area (Å²) < 4.78 is 0. The van der Waals surface area contributed by atoms with Gasteiger partial charge < -0.3 is 20.1 Å². The van der Waals surface area contributed by atoms with Crippen molar-refractivity contribution < 1.29 is 15.0 Å². The molecule has 7 nitrogen and oxygen atoms in total. The summed E-state index contributed by atoms with van der Waals surface area (Å²) in [5.74, 6) is -0.170. The van der Waals surface area contributed by atoms with Crippen LogP contribution in [0.5, 0.6) is 0 Å². The number of piperidine rings is 1. The number of anilines is 1. The van der Waals surface area contributed by atoms with E-state index in [0.717, 1.165) is 23.3 Å². The Morgan fingerprint density at radius 1 is 1.55 bits per heavy atom. The molecule has 0 aliphatic carbocycles. The van der Waals surface area contributed by atoms with Crippen LogP contribution in [0.15, 0.2) is 18.6 Å². The van der Waals surface area contributed by atoms with E-state index >= 15 is 0 Å². The van der Waals surface area contributed by atoms with Crippen LogP contribution in [0, 0.1) is 5.41 Å². The minimum absolute atomic E-state index is 0.267. The Hall–Kier alpha value is -2.15. The lowest BCUT2D eigenvalue weighted by Gasteiger charge is -2.43. The van der Waals surface area contributed by atoms with Crippen molar-refractivity contribution in [2.75, 3.05) is 18.0 Å². The Labute approximate surface area is 128 Å². The van der Waals surface area contributed by atoms with Crippen LogP contribution in [0.3, 0.4) is 0 Å². The van der Waals surface area contributed by atoms with E-state index in [-0.39, 0.29) is 6.54 Å². The fourth-order valence-electron chi connectivity index (χ4n) is 3.37. The van der Waals surface area contributed by atoms with Crippen molar-refractivity contribution in [2.45, 2.75) is 32.3 Å². The third-order valence-corrected chi connectivity index (χ3v) is 4.61. The first-order chi connectivity index (χ1) is 10.6. The van der Waals surface area contributed by atoms with Crippen molar-refractivity contribution >= 4 is 22.8 Å². The maximum Gasteiger partial charge on any atom is 0.312 e. The molecule has 0 aromatic carbocycles. The van der Waals surface area contributed by atoms with Crippen molar-refractivity contribution in [3.05, 3.63) is 18.6 Å². The van der Waals surface area contributed by atoms with Gasteiger partial charge in [-0.2, -0.15) is 0 Å². The molecule has 22 heavy (non-hydrogen) atoms. The van der Waals surface area contributed by atoms with Crippen molar-refractivity contribution in [1.82, 2.24) is 15.0 Å². The summed E-state index contributed by atoms with van der Waals surface area (Å²) in [5.41, 5.74) is -0.307. The van der Waals surface area contributed by atoms with E-state index in [1.165, 1.54) is 6.33 Å². The lowest BCUT2D eigenvalue weighted by molar-refractivity contribution is -0.159. The Morgan fingerprint density at radius 3 is 3.05 bits per heavy atom. The molecule has 1 aliphatic rings.